The van der Waals surface area contributed by atoms with Crippen LogP contribution in [0.1, 0.15) is 41.9 Å². The van der Waals surface area contributed by atoms with E-state index >= 15 is 0 Å². The van der Waals surface area contributed by atoms with Crippen molar-refractivity contribution < 1.29 is 4.74 Å². The van der Waals surface area contributed by atoms with Crippen molar-refractivity contribution in [1.82, 2.24) is 25.1 Å². The van der Waals surface area contributed by atoms with Gasteiger partial charge >= 0.3 is 0 Å². The summed E-state index contributed by atoms with van der Waals surface area (Å²) in [5.41, 5.74) is 6.31. The van der Waals surface area contributed by atoms with E-state index in [4.69, 9.17) is 9.72 Å². The van der Waals surface area contributed by atoms with Gasteiger partial charge in [0, 0.05) is 35.8 Å². The third kappa shape index (κ3) is 3.31. The van der Waals surface area contributed by atoms with Crippen molar-refractivity contribution in [2.75, 3.05) is 20.2 Å². The third-order valence-electron chi connectivity index (χ3n) is 6.51. The molecule has 1 fully saturated rings. The number of aromatic nitrogens is 4. The molecule has 2 aliphatic rings. The molecule has 0 bridgehead atoms. The number of nitrogens with one attached hydrogen (secondary N) is 1. The summed E-state index contributed by atoms with van der Waals surface area (Å²) in [4.78, 5) is 11.9. The van der Waals surface area contributed by atoms with Crippen LogP contribution in [0.25, 0.3) is 11.3 Å². The van der Waals surface area contributed by atoms with E-state index in [-0.39, 0.29) is 5.41 Å². The molecule has 1 unspecified atom stereocenters. The van der Waals surface area contributed by atoms with Crippen molar-refractivity contribution >= 4 is 0 Å². The Hall–Kier alpha value is -2.73. The molecule has 1 saturated heterocycles. The summed E-state index contributed by atoms with van der Waals surface area (Å²) in [6.07, 6.45) is 8.74. The fourth-order valence-electron chi connectivity index (χ4n) is 5.07. The largest absolute Gasteiger partial charge is 0.497 e. The number of hydrogen-bond donors (Lipinski definition) is 1. The number of benzene rings is 1. The molecule has 3 heterocycles. The number of aryl methyl sites for hydroxylation is 2. The summed E-state index contributed by atoms with van der Waals surface area (Å²) in [6, 6.07) is 8.15. The molecule has 0 radical (unpaired) electrons. The zero-order valence-electron chi connectivity index (χ0n) is 17.1. The van der Waals surface area contributed by atoms with Crippen molar-refractivity contribution in [3.63, 3.8) is 0 Å². The van der Waals surface area contributed by atoms with E-state index in [2.05, 4.69) is 32.2 Å². The highest BCUT2D eigenvalue weighted by Crippen LogP contribution is 2.44. The van der Waals surface area contributed by atoms with Gasteiger partial charge in [-0.3, -0.25) is 10.00 Å². The number of fused-ring (bicyclic) bond motifs is 2. The van der Waals surface area contributed by atoms with Crippen molar-refractivity contribution in [2.24, 2.45) is 0 Å². The number of nitrogens with zero attached hydrogens (tertiary/aromatic N) is 4. The molecule has 1 aromatic carbocycles. The van der Waals surface area contributed by atoms with Crippen LogP contribution in [0.5, 0.6) is 5.75 Å². The number of hydrogen-bond acceptors (Lipinski definition) is 5. The van der Waals surface area contributed by atoms with E-state index in [0.29, 0.717) is 0 Å². The first kappa shape index (κ1) is 18.3. The van der Waals surface area contributed by atoms with Crippen molar-refractivity contribution in [2.45, 2.75) is 44.6 Å². The minimum absolute atomic E-state index is 0.186. The van der Waals surface area contributed by atoms with Crippen LogP contribution >= 0.6 is 0 Å². The van der Waals surface area contributed by atoms with Gasteiger partial charge in [-0.2, -0.15) is 5.10 Å². The number of piperidine rings is 1. The van der Waals surface area contributed by atoms with Gasteiger partial charge in [0.05, 0.1) is 24.7 Å². The van der Waals surface area contributed by atoms with Gasteiger partial charge in [-0.1, -0.05) is 0 Å². The van der Waals surface area contributed by atoms with Gasteiger partial charge in [0.2, 0.25) is 0 Å². The molecule has 0 amide bonds. The summed E-state index contributed by atoms with van der Waals surface area (Å²) in [5, 5.41) is 7.53. The average Bonchev–Trinajstić information content (AvgIpc) is 3.34. The summed E-state index contributed by atoms with van der Waals surface area (Å²) in [5.74, 6) is 1.75. The van der Waals surface area contributed by atoms with Gasteiger partial charge in [0.15, 0.2) is 0 Å². The Labute approximate surface area is 171 Å². The smallest absolute Gasteiger partial charge is 0.125 e. The summed E-state index contributed by atoms with van der Waals surface area (Å²) in [6.45, 7) is 5.08. The summed E-state index contributed by atoms with van der Waals surface area (Å²) in [7, 11) is 1.69. The van der Waals surface area contributed by atoms with E-state index < -0.39 is 0 Å². The number of rotatable bonds is 4. The number of ether oxygens (including phenoxy) is 1. The highest BCUT2D eigenvalue weighted by Gasteiger charge is 2.43. The fourth-order valence-corrected chi connectivity index (χ4v) is 5.07. The van der Waals surface area contributed by atoms with Crippen LogP contribution in [-0.4, -0.2) is 45.3 Å². The Morgan fingerprint density at radius 1 is 1.17 bits per heavy atom. The summed E-state index contributed by atoms with van der Waals surface area (Å²) >= 11 is 0. The maximum absolute atomic E-state index is 5.28. The molecule has 6 nitrogen and oxygen atoms in total. The molecule has 2 aromatic heterocycles. The van der Waals surface area contributed by atoms with Gasteiger partial charge in [0.1, 0.15) is 11.6 Å². The third-order valence-corrected chi connectivity index (χ3v) is 6.51. The predicted molar refractivity (Wildman–Crippen MR) is 112 cm³/mol. The van der Waals surface area contributed by atoms with Crippen LogP contribution in [0.15, 0.2) is 36.7 Å². The van der Waals surface area contributed by atoms with Gasteiger partial charge < -0.3 is 4.74 Å². The molecule has 1 N–H and O–H groups in total. The number of likely N-dealkylation sites (tertiary alicyclic amines) is 1. The molecule has 1 aliphatic carbocycles. The lowest BCUT2D eigenvalue weighted by atomic mass is 9.77. The zero-order valence-corrected chi connectivity index (χ0v) is 17.1. The quantitative estimate of drug-likeness (QED) is 0.738. The molecule has 5 rings (SSSR count). The minimum atomic E-state index is 0.186. The molecule has 0 saturated carbocycles. The average molecular weight is 390 g/mol. The summed E-state index contributed by atoms with van der Waals surface area (Å²) < 4.78 is 5.28. The topological polar surface area (TPSA) is 66.9 Å². The van der Waals surface area contributed by atoms with Crippen LogP contribution in [-0.2, 0) is 18.4 Å². The molecular formula is C23H27N5O. The predicted octanol–water partition coefficient (Wildman–Crippen LogP) is 3.66. The highest BCUT2D eigenvalue weighted by atomic mass is 16.5. The Balaban J connectivity index is 1.38. The van der Waals surface area contributed by atoms with E-state index in [1.165, 1.54) is 36.1 Å². The minimum Gasteiger partial charge on any atom is -0.497 e. The van der Waals surface area contributed by atoms with Crippen molar-refractivity contribution in [3.8, 4) is 17.0 Å². The molecule has 1 atom stereocenters. The molecule has 3 aromatic rings. The maximum atomic E-state index is 5.28. The first-order valence-corrected chi connectivity index (χ1v) is 10.4. The van der Waals surface area contributed by atoms with Gasteiger partial charge in [0.25, 0.3) is 0 Å². The lowest BCUT2D eigenvalue weighted by Gasteiger charge is -2.40. The Bertz CT molecular complexity index is 1010. The second-order valence-corrected chi connectivity index (χ2v) is 8.38. The first-order valence-electron chi connectivity index (χ1n) is 10.4. The Morgan fingerprint density at radius 3 is 2.86 bits per heavy atom. The standard InChI is InChI=1S/C23H27N5O/c1-16-24-12-18-8-10-23(22(18)26-16)9-3-11-28(15-23)14-19-13-25-27-21(19)17-4-6-20(29-2)7-5-17/h4-7,12-13H,3,8-11,14-15H2,1-2H3,(H,25,27). The molecule has 150 valence electrons. The van der Waals surface area contributed by atoms with Crippen LogP contribution in [0.2, 0.25) is 0 Å². The first-order chi connectivity index (χ1) is 14.2. The molecular weight excluding hydrogens is 362 g/mol. The lowest BCUT2D eigenvalue weighted by Crippen LogP contribution is -2.45. The second kappa shape index (κ2) is 7.26. The Morgan fingerprint density at radius 2 is 2.03 bits per heavy atom. The monoisotopic (exact) mass is 389 g/mol. The lowest BCUT2D eigenvalue weighted by molar-refractivity contribution is 0.137. The number of H-pyrrole nitrogens is 1. The van der Waals surface area contributed by atoms with E-state index in [0.717, 1.165) is 48.9 Å². The maximum Gasteiger partial charge on any atom is 0.125 e. The van der Waals surface area contributed by atoms with E-state index in [1.807, 2.05) is 31.5 Å². The van der Waals surface area contributed by atoms with E-state index in [9.17, 15) is 0 Å². The molecule has 1 spiro atoms. The van der Waals surface area contributed by atoms with Crippen LogP contribution in [0.4, 0.5) is 0 Å². The normalized spacial score (nSPS) is 21.4. The van der Waals surface area contributed by atoms with Crippen LogP contribution in [0.3, 0.4) is 0 Å². The molecule has 6 heteroatoms. The number of methoxy groups -OCH3 is 1. The van der Waals surface area contributed by atoms with Gasteiger partial charge in [-0.05, 0) is 69.0 Å². The van der Waals surface area contributed by atoms with Crippen LogP contribution in [0, 0.1) is 6.92 Å². The Kier molecular flexibility index (Phi) is 4.59. The second-order valence-electron chi connectivity index (χ2n) is 8.38. The molecule has 1 aliphatic heterocycles. The van der Waals surface area contributed by atoms with Gasteiger partial charge in [-0.25, -0.2) is 9.97 Å². The number of aromatic amines is 1. The van der Waals surface area contributed by atoms with E-state index in [1.54, 1.807) is 7.11 Å². The zero-order chi connectivity index (χ0) is 19.8. The molecule has 29 heavy (non-hydrogen) atoms. The van der Waals surface area contributed by atoms with Crippen LogP contribution < -0.4 is 4.74 Å². The van der Waals surface area contributed by atoms with Crippen molar-refractivity contribution in [3.05, 3.63) is 59.3 Å². The SMILES string of the molecule is COc1ccc(-c2[nH]ncc2CN2CCCC3(CCc4cnc(C)nc43)C2)cc1. The van der Waals surface area contributed by atoms with Crippen molar-refractivity contribution in [1.29, 1.82) is 0 Å². The van der Waals surface area contributed by atoms with Gasteiger partial charge in [-0.15, -0.1) is 0 Å². The highest BCUT2D eigenvalue weighted by molar-refractivity contribution is 5.63. The fraction of sp³-hybridized carbons (Fsp3) is 0.435.